The predicted molar refractivity (Wildman–Crippen MR) is 189 cm³/mol. The third-order valence-corrected chi connectivity index (χ3v) is 7.27. The Morgan fingerprint density at radius 1 is 0.638 bits per heavy atom. The number of rotatable bonds is 6. The van der Waals surface area contributed by atoms with Crippen molar-refractivity contribution in [2.24, 2.45) is 0 Å². The number of nitrogens with two attached hydrogens (primary N) is 1. The number of hydrogen-bond donors (Lipinski definition) is 2. The third kappa shape index (κ3) is 10.2. The molecule has 0 bridgehead atoms. The number of aromatic nitrogens is 2. The fourth-order valence-corrected chi connectivity index (χ4v) is 4.80. The van der Waals surface area contributed by atoms with Gasteiger partial charge in [0.25, 0.3) is 5.69 Å². The molecule has 2 heterocycles. The van der Waals surface area contributed by atoms with E-state index >= 15 is 0 Å². The van der Waals surface area contributed by atoms with Crippen molar-refractivity contribution in [3.05, 3.63) is 169 Å². The Balaban J connectivity index is 0.000000176. The monoisotopic (exact) mass is 758 g/mol. The summed E-state index contributed by atoms with van der Waals surface area (Å²) in [6, 6.07) is 31.7. The van der Waals surface area contributed by atoms with Gasteiger partial charge in [-0.05, 0) is 71.8 Å². The number of halogens is 3. The number of nitrogens with one attached hydrogen (secondary N) is 1. The molecular formula is C34H25Br2FN6O4. The van der Waals surface area contributed by atoms with Gasteiger partial charge in [0.2, 0.25) is 5.82 Å². The van der Waals surface area contributed by atoms with Crippen LogP contribution in [0, 0.1) is 26.0 Å². The fourth-order valence-electron chi connectivity index (χ4n) is 4.10. The first kappa shape index (κ1) is 34.3. The molecule has 4 aromatic carbocycles. The Morgan fingerprint density at radius 2 is 1.17 bits per heavy atom. The molecule has 0 aliphatic rings. The first-order valence-corrected chi connectivity index (χ1v) is 15.3. The van der Waals surface area contributed by atoms with E-state index in [1.807, 2.05) is 79.0 Å². The van der Waals surface area contributed by atoms with E-state index in [9.17, 15) is 24.6 Å². The second-order valence-electron chi connectivity index (χ2n) is 9.59. The van der Waals surface area contributed by atoms with E-state index in [-0.39, 0.29) is 5.69 Å². The van der Waals surface area contributed by atoms with Crippen molar-refractivity contribution >= 4 is 60.3 Å². The van der Waals surface area contributed by atoms with Crippen molar-refractivity contribution in [2.75, 3.05) is 11.1 Å². The second-order valence-corrected chi connectivity index (χ2v) is 11.4. The Bertz CT molecular complexity index is 1990. The molecule has 0 unspecified atom stereocenters. The Kier molecular flexibility index (Phi) is 12.2. The molecule has 0 aliphatic carbocycles. The van der Waals surface area contributed by atoms with E-state index in [1.54, 1.807) is 30.7 Å². The van der Waals surface area contributed by atoms with Crippen LogP contribution in [0.25, 0.3) is 22.3 Å². The molecule has 0 radical (unpaired) electrons. The molecule has 0 saturated heterocycles. The summed E-state index contributed by atoms with van der Waals surface area (Å²) in [5, 5.41) is 24.4. The van der Waals surface area contributed by atoms with Gasteiger partial charge in [0.15, 0.2) is 0 Å². The lowest BCUT2D eigenvalue weighted by molar-refractivity contribution is -0.387. The maximum absolute atomic E-state index is 12.6. The van der Waals surface area contributed by atoms with Gasteiger partial charge in [-0.3, -0.25) is 30.2 Å². The molecule has 6 rings (SSSR count). The molecule has 10 nitrogen and oxygen atoms in total. The minimum atomic E-state index is -0.821. The van der Waals surface area contributed by atoms with E-state index in [2.05, 4.69) is 47.1 Å². The number of nitrogen functional groups attached to an aromatic ring is 1. The minimum absolute atomic E-state index is 0.0196. The number of benzene rings is 4. The molecule has 0 spiro atoms. The molecule has 3 N–H and O–H groups in total. The van der Waals surface area contributed by atoms with Crippen LogP contribution >= 0.6 is 31.9 Å². The van der Waals surface area contributed by atoms with Crippen molar-refractivity contribution in [3.63, 3.8) is 0 Å². The van der Waals surface area contributed by atoms with Gasteiger partial charge in [-0.25, -0.2) is 0 Å². The van der Waals surface area contributed by atoms with Crippen molar-refractivity contribution in [3.8, 4) is 22.3 Å². The van der Waals surface area contributed by atoms with Gasteiger partial charge in [-0.2, -0.15) is 4.39 Å². The molecule has 0 fully saturated rings. The summed E-state index contributed by atoms with van der Waals surface area (Å²) in [7, 11) is 0. The van der Waals surface area contributed by atoms with Crippen LogP contribution < -0.4 is 11.1 Å². The zero-order valence-corrected chi connectivity index (χ0v) is 27.5. The van der Waals surface area contributed by atoms with Crippen molar-refractivity contribution in [2.45, 2.75) is 0 Å². The highest BCUT2D eigenvalue weighted by Gasteiger charge is 2.15. The highest BCUT2D eigenvalue weighted by atomic mass is 79.9. The van der Waals surface area contributed by atoms with E-state index in [0.717, 1.165) is 45.8 Å². The van der Waals surface area contributed by atoms with E-state index in [0.29, 0.717) is 14.6 Å². The smallest absolute Gasteiger partial charge is 0.305 e. The van der Waals surface area contributed by atoms with Crippen molar-refractivity contribution in [1.29, 1.82) is 0 Å². The summed E-state index contributed by atoms with van der Waals surface area (Å²) in [5.41, 5.74) is 11.4. The lowest BCUT2D eigenvalue weighted by atomic mass is 10.1. The normalized spacial score (nSPS) is 10.0. The molecule has 47 heavy (non-hydrogen) atoms. The third-order valence-electron chi connectivity index (χ3n) is 6.28. The van der Waals surface area contributed by atoms with E-state index < -0.39 is 21.4 Å². The first-order valence-electron chi connectivity index (χ1n) is 13.7. The number of nitro benzene ring substituents is 2. The van der Waals surface area contributed by atoms with Gasteiger partial charge in [0, 0.05) is 68.4 Å². The summed E-state index contributed by atoms with van der Waals surface area (Å²) in [4.78, 5) is 28.3. The SMILES string of the molecule is Nc1cccc(-c2cccnc2)c1.O=[N+]([O-])c1cc(Br)ccc1F.O=[N+]([O-])c1cc(Br)ccc1Nc1cccc(-c2cccnc2)c1. The quantitative estimate of drug-likeness (QED) is 0.0968. The summed E-state index contributed by atoms with van der Waals surface area (Å²) in [6.45, 7) is 0. The number of pyridine rings is 2. The average Bonchev–Trinajstić information content (AvgIpc) is 3.08. The molecule has 13 heteroatoms. The molecule has 0 atom stereocenters. The maximum atomic E-state index is 12.6. The molecule has 2 aromatic heterocycles. The number of anilines is 3. The predicted octanol–water partition coefficient (Wildman–Crippen LogP) is 9.99. The highest BCUT2D eigenvalue weighted by molar-refractivity contribution is 9.10. The topological polar surface area (TPSA) is 150 Å². The standard InChI is InChI=1S/C17H12BrN3O2.C11H10N2.C6H3BrFNO2/c18-14-6-7-16(17(10-14)21(22)23)20-15-5-1-3-12(9-15)13-4-2-8-19-11-13;12-11-5-1-3-9(7-11)10-4-2-6-13-8-10;7-4-1-2-5(8)6(3-4)9(10)11/h1-11,20H;1-8H,12H2;1-3H. The molecule has 236 valence electrons. The Labute approximate surface area is 285 Å². The first-order chi connectivity index (χ1) is 22.6. The number of nitrogens with zero attached hydrogens (tertiary/aromatic N) is 4. The fraction of sp³-hybridized carbons (Fsp3) is 0. The maximum Gasteiger partial charge on any atom is 0.305 e. The van der Waals surface area contributed by atoms with Crippen LogP contribution in [-0.4, -0.2) is 19.8 Å². The lowest BCUT2D eigenvalue weighted by Gasteiger charge is -2.09. The Hall–Kier alpha value is -5.53. The summed E-state index contributed by atoms with van der Waals surface area (Å²) in [5.74, 6) is -0.821. The summed E-state index contributed by atoms with van der Waals surface area (Å²) in [6.07, 6.45) is 7.09. The number of nitro groups is 2. The lowest BCUT2D eigenvalue weighted by Crippen LogP contribution is -1.97. The molecule has 6 aromatic rings. The largest absolute Gasteiger partial charge is 0.399 e. The molecule has 0 saturated carbocycles. The summed E-state index contributed by atoms with van der Waals surface area (Å²) < 4.78 is 13.7. The van der Waals surface area contributed by atoms with Crippen LogP contribution in [0.4, 0.5) is 32.8 Å². The van der Waals surface area contributed by atoms with Crippen LogP contribution in [0.2, 0.25) is 0 Å². The highest BCUT2D eigenvalue weighted by Crippen LogP contribution is 2.32. The molecule has 0 aliphatic heterocycles. The van der Waals surface area contributed by atoms with Crippen LogP contribution in [-0.2, 0) is 0 Å². The van der Waals surface area contributed by atoms with E-state index in [4.69, 9.17) is 5.73 Å². The van der Waals surface area contributed by atoms with Gasteiger partial charge >= 0.3 is 5.69 Å². The minimum Gasteiger partial charge on any atom is -0.399 e. The van der Waals surface area contributed by atoms with Crippen LogP contribution in [0.3, 0.4) is 0 Å². The van der Waals surface area contributed by atoms with Crippen LogP contribution in [0.1, 0.15) is 0 Å². The van der Waals surface area contributed by atoms with Crippen LogP contribution in [0.15, 0.2) is 143 Å². The second kappa shape index (κ2) is 16.7. The van der Waals surface area contributed by atoms with Gasteiger partial charge in [0.1, 0.15) is 5.69 Å². The van der Waals surface area contributed by atoms with Gasteiger partial charge < -0.3 is 11.1 Å². The number of hydrogen-bond acceptors (Lipinski definition) is 8. The van der Waals surface area contributed by atoms with E-state index in [1.165, 1.54) is 12.1 Å². The van der Waals surface area contributed by atoms with Crippen molar-refractivity contribution in [1.82, 2.24) is 9.97 Å². The molecular weight excluding hydrogens is 735 g/mol. The summed E-state index contributed by atoms with van der Waals surface area (Å²) >= 11 is 6.25. The van der Waals surface area contributed by atoms with Gasteiger partial charge in [-0.1, -0.05) is 68.3 Å². The average molecular weight is 760 g/mol. The van der Waals surface area contributed by atoms with Crippen molar-refractivity contribution < 1.29 is 14.2 Å². The molecule has 0 amide bonds. The van der Waals surface area contributed by atoms with Gasteiger partial charge in [0.05, 0.1) is 9.85 Å². The zero-order chi connectivity index (χ0) is 33.8. The Morgan fingerprint density at radius 3 is 1.70 bits per heavy atom. The zero-order valence-electron chi connectivity index (χ0n) is 24.3. The van der Waals surface area contributed by atoms with Crippen LogP contribution in [0.5, 0.6) is 0 Å². The van der Waals surface area contributed by atoms with Gasteiger partial charge in [-0.15, -0.1) is 0 Å².